The lowest BCUT2D eigenvalue weighted by Gasteiger charge is -2.49. The zero-order valence-corrected chi connectivity index (χ0v) is 21.6. The first kappa shape index (κ1) is 27.2. The number of nitrogens with zero attached hydrogens (tertiary/aromatic N) is 2. The van der Waals surface area contributed by atoms with Gasteiger partial charge in [-0.3, -0.25) is 15.6 Å². The number of likely N-dealkylation sites (N-methyl/N-ethyl adjacent to an activating group) is 1. The summed E-state index contributed by atoms with van der Waals surface area (Å²) in [5.74, 6) is -3.77. The highest BCUT2D eigenvalue weighted by Gasteiger charge is 2.60. The number of amides is 1. The minimum absolute atomic E-state index is 0. The van der Waals surface area contributed by atoms with Crippen LogP contribution in [0.25, 0.3) is 0 Å². The largest absolute Gasteiger partial charge is 0.416 e. The van der Waals surface area contributed by atoms with E-state index in [1.165, 1.54) is 24.1 Å². The average molecular weight is 550 g/mol. The molecule has 0 radical (unpaired) electrons. The number of alkyl halides is 5. The molecule has 11 heteroatoms. The van der Waals surface area contributed by atoms with Crippen molar-refractivity contribution in [1.29, 1.82) is 10.8 Å². The second-order valence-corrected chi connectivity index (χ2v) is 10.9. The fourth-order valence-corrected chi connectivity index (χ4v) is 5.88. The van der Waals surface area contributed by atoms with Crippen molar-refractivity contribution in [2.75, 3.05) is 11.9 Å². The smallest absolute Gasteiger partial charge is 0.324 e. The molecule has 3 aliphatic rings. The fraction of sp³-hybridized carbons (Fsp3) is 0.464. The number of amidine groups is 1. The van der Waals surface area contributed by atoms with Crippen LogP contribution in [0.2, 0.25) is 0 Å². The summed E-state index contributed by atoms with van der Waals surface area (Å²) in [5.41, 5.74) is -1.36. The molecule has 3 N–H and O–H groups in total. The molecule has 0 unspecified atom stereocenters. The highest BCUT2D eigenvalue weighted by atomic mass is 19.4. The molecule has 1 atom stereocenters. The van der Waals surface area contributed by atoms with Crippen molar-refractivity contribution in [2.45, 2.75) is 75.2 Å². The molecule has 2 aromatic rings. The number of hydrogen-bond acceptors (Lipinski definition) is 4. The summed E-state index contributed by atoms with van der Waals surface area (Å²) in [4.78, 5) is 15.9. The van der Waals surface area contributed by atoms with E-state index >= 15 is 0 Å². The van der Waals surface area contributed by atoms with Crippen LogP contribution in [-0.4, -0.2) is 42.0 Å². The van der Waals surface area contributed by atoms with Crippen LogP contribution in [0.1, 0.15) is 79.1 Å². The lowest BCUT2D eigenvalue weighted by atomic mass is 9.61. The van der Waals surface area contributed by atoms with E-state index in [-0.39, 0.29) is 42.7 Å². The highest BCUT2D eigenvalue weighted by Crippen LogP contribution is 2.55. The molecule has 2 saturated carbocycles. The molecule has 2 fully saturated rings. The number of anilines is 1. The molecule has 1 aliphatic heterocycles. The van der Waals surface area contributed by atoms with E-state index in [1.807, 2.05) is 0 Å². The third-order valence-electron chi connectivity index (χ3n) is 8.29. The predicted octanol–water partition coefficient (Wildman–Crippen LogP) is 6.50. The van der Waals surface area contributed by atoms with Crippen molar-refractivity contribution >= 4 is 23.8 Å². The number of carbonyl (C=O) groups excluding carboxylic acids is 1. The minimum atomic E-state index is -4.66. The summed E-state index contributed by atoms with van der Waals surface area (Å²) in [5, 5.41) is 19.3. The Morgan fingerprint density at radius 3 is 2.49 bits per heavy atom. The first-order valence-electron chi connectivity index (χ1n) is 12.9. The van der Waals surface area contributed by atoms with Crippen LogP contribution < -0.4 is 10.2 Å². The molecule has 0 spiro atoms. The van der Waals surface area contributed by atoms with E-state index in [0.717, 1.165) is 36.6 Å². The summed E-state index contributed by atoms with van der Waals surface area (Å²) in [6, 6.07) is 8.69. The van der Waals surface area contributed by atoms with Crippen LogP contribution >= 0.6 is 0 Å². The van der Waals surface area contributed by atoms with E-state index in [4.69, 9.17) is 10.8 Å². The van der Waals surface area contributed by atoms with Crippen molar-refractivity contribution in [3.63, 3.8) is 0 Å². The van der Waals surface area contributed by atoms with Crippen molar-refractivity contribution in [3.8, 4) is 0 Å². The summed E-state index contributed by atoms with van der Waals surface area (Å²) >= 11 is 0. The predicted molar refractivity (Wildman–Crippen MR) is 140 cm³/mol. The van der Waals surface area contributed by atoms with Crippen LogP contribution in [0.4, 0.5) is 27.6 Å². The molecule has 2 aliphatic carbocycles. The van der Waals surface area contributed by atoms with Gasteiger partial charge in [-0.15, -0.1) is 0 Å². The standard InChI is InChI=1S/C28H30F5N5O.H2/c1-16(36-19-6-4-7-19)17-9-21-22(23(10-17)28(31,32)33)12-38(24(21)39)20-8-3-5-18(11-20)26(13-27(29,30)14-26)25(35)37(2)15-34;/h3,5,8-11,15-16,19,34-36H,4,6-7,12-14H2,1-2H3;1H/t16-;/m1./s1. The van der Waals surface area contributed by atoms with Crippen molar-refractivity contribution < 1.29 is 28.2 Å². The third-order valence-corrected chi connectivity index (χ3v) is 8.29. The quantitative estimate of drug-likeness (QED) is 0.210. The Bertz CT molecular complexity index is 1330. The summed E-state index contributed by atoms with van der Waals surface area (Å²) < 4.78 is 70.7. The molecule has 210 valence electrons. The minimum Gasteiger partial charge on any atom is -0.324 e. The van der Waals surface area contributed by atoms with Gasteiger partial charge in [0.1, 0.15) is 5.84 Å². The van der Waals surface area contributed by atoms with Crippen LogP contribution in [0.5, 0.6) is 0 Å². The molecule has 5 rings (SSSR count). The summed E-state index contributed by atoms with van der Waals surface area (Å²) in [7, 11) is 1.43. The van der Waals surface area contributed by atoms with Gasteiger partial charge in [-0.05, 0) is 60.7 Å². The Balaban J connectivity index is 0.00000370. The molecule has 1 amide bonds. The molecule has 39 heavy (non-hydrogen) atoms. The highest BCUT2D eigenvalue weighted by molar-refractivity contribution is 6.10. The molecule has 2 aromatic carbocycles. The maximum Gasteiger partial charge on any atom is 0.416 e. The second kappa shape index (κ2) is 9.39. The lowest BCUT2D eigenvalue weighted by Crippen LogP contribution is -2.58. The molecule has 6 nitrogen and oxygen atoms in total. The van der Waals surface area contributed by atoms with Crippen LogP contribution in [0.3, 0.4) is 0 Å². The first-order valence-corrected chi connectivity index (χ1v) is 12.9. The van der Waals surface area contributed by atoms with Crippen LogP contribution in [-0.2, 0) is 18.1 Å². The van der Waals surface area contributed by atoms with Crippen molar-refractivity contribution in [2.24, 2.45) is 0 Å². The van der Waals surface area contributed by atoms with Crippen molar-refractivity contribution in [3.05, 3.63) is 64.2 Å². The Kier molecular flexibility index (Phi) is 6.56. The van der Waals surface area contributed by atoms with Crippen LogP contribution in [0.15, 0.2) is 36.4 Å². The van der Waals surface area contributed by atoms with Gasteiger partial charge in [0.15, 0.2) is 0 Å². The number of rotatable bonds is 7. The Hall–Kier alpha value is -3.34. The molecule has 0 bridgehead atoms. The van der Waals surface area contributed by atoms with Gasteiger partial charge in [-0.2, -0.15) is 13.2 Å². The lowest BCUT2D eigenvalue weighted by molar-refractivity contribution is -0.138. The monoisotopic (exact) mass is 549 g/mol. The van der Waals surface area contributed by atoms with E-state index in [9.17, 15) is 26.7 Å². The topological polar surface area (TPSA) is 83.3 Å². The van der Waals surface area contributed by atoms with Gasteiger partial charge in [0.25, 0.3) is 11.8 Å². The first-order chi connectivity index (χ1) is 18.3. The number of halogens is 5. The molecule has 0 saturated heterocycles. The zero-order valence-electron chi connectivity index (χ0n) is 21.6. The number of carbonyl (C=O) groups is 1. The van der Waals surface area contributed by atoms with Gasteiger partial charge in [0.05, 0.1) is 23.9 Å². The molecular formula is C28H32F5N5O. The summed E-state index contributed by atoms with van der Waals surface area (Å²) in [6.07, 6.45) is -2.07. The Labute approximate surface area is 224 Å². The number of benzene rings is 2. The van der Waals surface area contributed by atoms with Gasteiger partial charge in [-0.25, -0.2) is 8.78 Å². The molecular weight excluding hydrogens is 517 g/mol. The zero-order chi connectivity index (χ0) is 28.3. The maximum absolute atomic E-state index is 14.2. The van der Waals surface area contributed by atoms with E-state index in [0.29, 0.717) is 11.1 Å². The Morgan fingerprint density at radius 1 is 1.23 bits per heavy atom. The van der Waals surface area contributed by atoms with Gasteiger partial charge in [-0.1, -0.05) is 18.6 Å². The van der Waals surface area contributed by atoms with Gasteiger partial charge < -0.3 is 15.1 Å². The second-order valence-electron chi connectivity index (χ2n) is 10.9. The van der Waals surface area contributed by atoms with Gasteiger partial charge in [0, 0.05) is 44.7 Å². The number of hydrogen-bond donors (Lipinski definition) is 3. The molecule has 0 aromatic heterocycles. The molecule has 1 heterocycles. The van der Waals surface area contributed by atoms with Gasteiger partial charge >= 0.3 is 6.18 Å². The SMILES string of the molecule is C[C@@H](NC1CCC1)c1cc2c(c(C(F)(F)F)c1)CN(c1cccc(C3(C(=N)N(C)C=N)CC(F)(F)C3)c1)C2=O.[HH]. The van der Waals surface area contributed by atoms with Crippen LogP contribution in [0, 0.1) is 10.8 Å². The number of nitrogens with one attached hydrogen (secondary N) is 3. The van der Waals surface area contributed by atoms with Crippen molar-refractivity contribution in [1.82, 2.24) is 10.2 Å². The third kappa shape index (κ3) is 4.70. The summed E-state index contributed by atoms with van der Waals surface area (Å²) in [6.45, 7) is 1.48. The number of fused-ring (bicyclic) bond motifs is 1. The normalized spacial score (nSPS) is 20.6. The average Bonchev–Trinajstić information content (AvgIpc) is 3.18. The van der Waals surface area contributed by atoms with Gasteiger partial charge in [0.2, 0.25) is 0 Å². The fourth-order valence-electron chi connectivity index (χ4n) is 5.88. The Morgan fingerprint density at radius 2 is 1.92 bits per heavy atom. The maximum atomic E-state index is 14.2. The van der Waals surface area contributed by atoms with E-state index in [2.05, 4.69) is 5.32 Å². The van der Waals surface area contributed by atoms with E-state index < -0.39 is 41.8 Å². The van der Waals surface area contributed by atoms with E-state index in [1.54, 1.807) is 25.1 Å².